The van der Waals surface area contributed by atoms with Crippen LogP contribution in [0.4, 0.5) is 0 Å². The Bertz CT molecular complexity index is 753. The molecule has 1 saturated heterocycles. The van der Waals surface area contributed by atoms with E-state index in [1.807, 2.05) is 23.9 Å². The first-order valence-electron chi connectivity index (χ1n) is 9.13. The van der Waals surface area contributed by atoms with E-state index in [0.29, 0.717) is 23.7 Å². The lowest BCUT2D eigenvalue weighted by Gasteiger charge is -2.33. The number of aromatic hydroxyl groups is 1. The number of aliphatic hydroxyl groups is 2. The highest BCUT2D eigenvalue weighted by Gasteiger charge is 2.31. The Balaban J connectivity index is 1.50. The molecule has 2 heterocycles. The zero-order chi connectivity index (χ0) is 18.1. The summed E-state index contributed by atoms with van der Waals surface area (Å²) in [7, 11) is 0. The molecule has 138 valence electrons. The van der Waals surface area contributed by atoms with Crippen molar-refractivity contribution >= 4 is 11.8 Å². The number of fused-ring (bicyclic) bond motifs is 1. The van der Waals surface area contributed by atoms with Crippen LogP contribution in [0.25, 0.3) is 0 Å². The zero-order valence-electron chi connectivity index (χ0n) is 14.5. The summed E-state index contributed by atoms with van der Waals surface area (Å²) < 4.78 is 5.87. The molecule has 1 fully saturated rings. The fraction of sp³-hybridized carbons (Fsp3) is 0.429. The van der Waals surface area contributed by atoms with Gasteiger partial charge in [-0.2, -0.15) is 0 Å². The Morgan fingerprint density at radius 3 is 2.77 bits per heavy atom. The third-order valence-electron chi connectivity index (χ3n) is 5.20. The van der Waals surface area contributed by atoms with Crippen LogP contribution in [0.15, 0.2) is 47.4 Å². The number of hydrogen-bond acceptors (Lipinski definition) is 5. The van der Waals surface area contributed by atoms with Gasteiger partial charge in [-0.1, -0.05) is 24.3 Å². The van der Waals surface area contributed by atoms with Gasteiger partial charge in [0.2, 0.25) is 0 Å². The van der Waals surface area contributed by atoms with Gasteiger partial charge in [-0.25, -0.2) is 0 Å². The van der Waals surface area contributed by atoms with Crippen molar-refractivity contribution in [2.24, 2.45) is 0 Å². The van der Waals surface area contributed by atoms with Crippen LogP contribution in [0, 0.1) is 0 Å². The Kier molecular flexibility index (Phi) is 5.23. The number of aliphatic hydroxyl groups excluding tert-OH is 2. The van der Waals surface area contributed by atoms with Crippen molar-refractivity contribution in [3.05, 3.63) is 59.2 Å². The molecule has 2 aliphatic heterocycles. The predicted molar refractivity (Wildman–Crippen MR) is 102 cm³/mol. The Morgan fingerprint density at radius 1 is 1.12 bits per heavy atom. The summed E-state index contributed by atoms with van der Waals surface area (Å²) >= 11 is 1.91. The molecule has 4 nitrogen and oxygen atoms in total. The minimum atomic E-state index is -0.520. The van der Waals surface area contributed by atoms with Gasteiger partial charge in [0, 0.05) is 28.6 Å². The molecule has 26 heavy (non-hydrogen) atoms. The van der Waals surface area contributed by atoms with Crippen LogP contribution in [-0.4, -0.2) is 39.4 Å². The molecule has 3 N–H and O–H groups in total. The van der Waals surface area contributed by atoms with Crippen molar-refractivity contribution in [3.8, 4) is 5.75 Å². The average Bonchev–Trinajstić information content (AvgIpc) is 3.05. The first-order valence-corrected chi connectivity index (χ1v) is 10.0. The van der Waals surface area contributed by atoms with Crippen LogP contribution in [0.5, 0.6) is 5.75 Å². The molecule has 2 aromatic rings. The van der Waals surface area contributed by atoms with Gasteiger partial charge < -0.3 is 20.1 Å². The maximum Gasteiger partial charge on any atom is 0.121 e. The lowest BCUT2D eigenvalue weighted by atomic mass is 9.93. The fourth-order valence-corrected chi connectivity index (χ4v) is 5.29. The number of benzene rings is 2. The van der Waals surface area contributed by atoms with Crippen molar-refractivity contribution in [3.63, 3.8) is 0 Å². The van der Waals surface area contributed by atoms with Crippen LogP contribution in [0.2, 0.25) is 0 Å². The summed E-state index contributed by atoms with van der Waals surface area (Å²) in [5.74, 6) is 0.187. The van der Waals surface area contributed by atoms with E-state index in [1.165, 1.54) is 10.5 Å². The highest BCUT2D eigenvalue weighted by Crippen LogP contribution is 2.40. The van der Waals surface area contributed by atoms with Crippen LogP contribution in [-0.2, 0) is 17.6 Å². The molecule has 0 aliphatic carbocycles. The van der Waals surface area contributed by atoms with Crippen LogP contribution < -0.4 is 0 Å². The topological polar surface area (TPSA) is 69.9 Å². The SMILES string of the molecule is OC[C@@H]1CC(O)C[C@H](c2cc(CC3Cc4ccccc4S3)ccc2O)O1. The maximum absolute atomic E-state index is 10.3. The van der Waals surface area contributed by atoms with Crippen molar-refractivity contribution in [1.82, 2.24) is 0 Å². The molecule has 4 atom stereocenters. The molecule has 0 aromatic heterocycles. The number of hydrogen-bond donors (Lipinski definition) is 3. The van der Waals surface area contributed by atoms with E-state index in [2.05, 4.69) is 24.3 Å². The fourth-order valence-electron chi connectivity index (χ4n) is 3.93. The van der Waals surface area contributed by atoms with E-state index in [9.17, 15) is 15.3 Å². The monoisotopic (exact) mass is 372 g/mol. The minimum Gasteiger partial charge on any atom is -0.508 e. The second-order valence-electron chi connectivity index (χ2n) is 7.20. The lowest BCUT2D eigenvalue weighted by molar-refractivity contribution is -0.114. The molecule has 2 aliphatic rings. The summed E-state index contributed by atoms with van der Waals surface area (Å²) in [4.78, 5) is 1.36. The average molecular weight is 372 g/mol. The summed E-state index contributed by atoms with van der Waals surface area (Å²) in [5.41, 5.74) is 3.28. The maximum atomic E-state index is 10.3. The quantitative estimate of drug-likeness (QED) is 0.769. The van der Waals surface area contributed by atoms with Gasteiger partial charge in [0.25, 0.3) is 0 Å². The van der Waals surface area contributed by atoms with E-state index < -0.39 is 6.10 Å². The summed E-state index contributed by atoms with van der Waals surface area (Å²) in [6.45, 7) is -0.120. The zero-order valence-corrected chi connectivity index (χ0v) is 15.4. The Morgan fingerprint density at radius 2 is 1.96 bits per heavy atom. The van der Waals surface area contributed by atoms with Gasteiger partial charge in [-0.15, -0.1) is 11.8 Å². The number of phenols is 1. The number of rotatable bonds is 4. The third kappa shape index (κ3) is 3.76. The van der Waals surface area contributed by atoms with E-state index in [4.69, 9.17) is 4.74 Å². The molecule has 0 radical (unpaired) electrons. The normalized spacial score (nSPS) is 28.1. The van der Waals surface area contributed by atoms with E-state index in [-0.39, 0.29) is 24.6 Å². The highest BCUT2D eigenvalue weighted by atomic mass is 32.2. The van der Waals surface area contributed by atoms with Crippen molar-refractivity contribution in [1.29, 1.82) is 0 Å². The van der Waals surface area contributed by atoms with Crippen molar-refractivity contribution < 1.29 is 20.1 Å². The third-order valence-corrected chi connectivity index (χ3v) is 6.52. The number of thioether (sulfide) groups is 1. The van der Waals surface area contributed by atoms with Crippen molar-refractivity contribution in [2.75, 3.05) is 6.61 Å². The molecule has 0 bridgehead atoms. The summed E-state index contributed by atoms with van der Waals surface area (Å²) in [6.07, 6.45) is 1.57. The standard InChI is InChI=1S/C21H24O4S/c22-12-16-10-15(23)11-20(25-16)18-8-13(5-6-19(18)24)7-17-9-14-3-1-2-4-21(14)26-17/h1-6,8,15-17,20,22-24H,7,9-12H2/t15?,16-,17?,20+/m0/s1. The molecule has 0 amide bonds. The Labute approximate surface area is 157 Å². The lowest BCUT2D eigenvalue weighted by Crippen LogP contribution is -2.33. The highest BCUT2D eigenvalue weighted by molar-refractivity contribution is 8.00. The first kappa shape index (κ1) is 17.9. The first-order chi connectivity index (χ1) is 12.6. The Hall–Kier alpha value is -1.53. The van der Waals surface area contributed by atoms with Crippen LogP contribution in [0.1, 0.15) is 35.6 Å². The smallest absolute Gasteiger partial charge is 0.121 e. The molecule has 2 aromatic carbocycles. The van der Waals surface area contributed by atoms with Crippen LogP contribution in [0.3, 0.4) is 0 Å². The summed E-state index contributed by atoms with van der Waals surface area (Å²) in [5, 5.41) is 30.2. The summed E-state index contributed by atoms with van der Waals surface area (Å²) in [6, 6.07) is 14.2. The van der Waals surface area contributed by atoms with Gasteiger partial charge in [-0.05, 0) is 42.2 Å². The minimum absolute atomic E-state index is 0.120. The molecule has 4 rings (SSSR count). The molecule has 0 spiro atoms. The molecular formula is C21H24O4S. The number of phenolic OH excluding ortho intramolecular Hbond substituents is 1. The molecule has 2 unspecified atom stereocenters. The van der Waals surface area contributed by atoms with Gasteiger partial charge >= 0.3 is 0 Å². The van der Waals surface area contributed by atoms with Gasteiger partial charge in [-0.3, -0.25) is 0 Å². The van der Waals surface area contributed by atoms with Crippen molar-refractivity contribution in [2.45, 2.75) is 54.1 Å². The van der Waals surface area contributed by atoms with Gasteiger partial charge in [0.1, 0.15) is 5.75 Å². The second-order valence-corrected chi connectivity index (χ2v) is 8.55. The molecule has 0 saturated carbocycles. The largest absolute Gasteiger partial charge is 0.508 e. The van der Waals surface area contributed by atoms with E-state index >= 15 is 0 Å². The van der Waals surface area contributed by atoms with Gasteiger partial charge in [0.05, 0.1) is 24.9 Å². The predicted octanol–water partition coefficient (Wildman–Crippen LogP) is 3.23. The van der Waals surface area contributed by atoms with E-state index in [1.54, 1.807) is 6.07 Å². The van der Waals surface area contributed by atoms with Gasteiger partial charge in [0.15, 0.2) is 0 Å². The second kappa shape index (κ2) is 7.61. The number of ether oxygens (including phenoxy) is 1. The van der Waals surface area contributed by atoms with E-state index in [0.717, 1.165) is 18.4 Å². The van der Waals surface area contributed by atoms with Crippen LogP contribution >= 0.6 is 11.8 Å². The molecular weight excluding hydrogens is 348 g/mol. The molecule has 5 heteroatoms.